The summed E-state index contributed by atoms with van der Waals surface area (Å²) in [6.07, 6.45) is -0.945. The summed E-state index contributed by atoms with van der Waals surface area (Å²) >= 11 is 0. The first kappa shape index (κ1) is 18.5. The van der Waals surface area contributed by atoms with Crippen LogP contribution in [-0.4, -0.2) is 66.4 Å². The van der Waals surface area contributed by atoms with E-state index in [4.69, 9.17) is 0 Å². The molecule has 2 saturated heterocycles. The van der Waals surface area contributed by atoms with Crippen molar-refractivity contribution in [3.05, 3.63) is 17.5 Å². The number of anilines is 1. The molecule has 3 heterocycles. The Balaban J connectivity index is 1.63. The van der Waals surface area contributed by atoms with Gasteiger partial charge in [-0.3, -0.25) is 4.79 Å². The number of nitrogens with zero attached hydrogens (tertiary/aromatic N) is 4. The summed E-state index contributed by atoms with van der Waals surface area (Å²) in [4.78, 5) is 23.3. The molecular formula is C16H19F3N4O3S. The van der Waals surface area contributed by atoms with E-state index < -0.39 is 33.2 Å². The molecule has 2 atom stereocenters. The maximum absolute atomic E-state index is 13.6. The number of hydrogen-bond donors (Lipinski definition) is 0. The standard InChI is InChI=1S/C16H19F3N4O3S/c17-16(18,19)13-12(14(24)22-3-5-27(25,26)6-4-22)8-20-15(21-13)23-9-10-1-2-11(23)7-10/h8,10-11H,1-7,9H2/t10-,11+/m1/s1. The van der Waals surface area contributed by atoms with E-state index in [9.17, 15) is 26.4 Å². The minimum atomic E-state index is -4.80. The molecular weight excluding hydrogens is 385 g/mol. The summed E-state index contributed by atoms with van der Waals surface area (Å²) in [5, 5.41) is 0. The number of rotatable bonds is 2. The molecule has 3 fully saturated rings. The average molecular weight is 404 g/mol. The van der Waals surface area contributed by atoms with Crippen molar-refractivity contribution >= 4 is 21.7 Å². The van der Waals surface area contributed by atoms with E-state index >= 15 is 0 Å². The molecule has 1 saturated carbocycles. The van der Waals surface area contributed by atoms with E-state index in [0.717, 1.165) is 30.4 Å². The van der Waals surface area contributed by atoms with Crippen molar-refractivity contribution < 1.29 is 26.4 Å². The number of fused-ring (bicyclic) bond motifs is 2. The first-order chi connectivity index (χ1) is 12.6. The number of halogens is 3. The molecule has 2 aliphatic heterocycles. The second kappa shape index (κ2) is 6.32. The van der Waals surface area contributed by atoms with Crippen LogP contribution in [0.3, 0.4) is 0 Å². The largest absolute Gasteiger partial charge is 0.434 e. The minimum Gasteiger partial charge on any atom is -0.338 e. The van der Waals surface area contributed by atoms with Gasteiger partial charge >= 0.3 is 6.18 Å². The van der Waals surface area contributed by atoms with Gasteiger partial charge in [-0.15, -0.1) is 0 Å². The Morgan fingerprint density at radius 3 is 2.44 bits per heavy atom. The Kier molecular flexibility index (Phi) is 4.32. The molecule has 0 spiro atoms. The van der Waals surface area contributed by atoms with E-state index in [1.54, 1.807) is 4.90 Å². The fraction of sp³-hybridized carbons (Fsp3) is 0.688. The molecule has 148 valence electrons. The molecule has 7 nitrogen and oxygen atoms in total. The molecule has 1 aromatic rings. The fourth-order valence-corrected chi connectivity index (χ4v) is 5.34. The summed E-state index contributed by atoms with van der Waals surface area (Å²) in [6.45, 7) is 0.380. The molecule has 1 aromatic heterocycles. The first-order valence-corrected chi connectivity index (χ1v) is 10.7. The quantitative estimate of drug-likeness (QED) is 0.740. The van der Waals surface area contributed by atoms with Crippen molar-refractivity contribution in [2.75, 3.05) is 36.0 Å². The lowest BCUT2D eigenvalue weighted by Gasteiger charge is -2.29. The van der Waals surface area contributed by atoms with Gasteiger partial charge in [0.15, 0.2) is 15.5 Å². The average Bonchev–Trinajstić information content (AvgIpc) is 3.23. The number of carbonyl (C=O) groups excluding carboxylic acids is 1. The Morgan fingerprint density at radius 1 is 1.19 bits per heavy atom. The maximum atomic E-state index is 13.6. The summed E-state index contributed by atoms with van der Waals surface area (Å²) in [7, 11) is -3.25. The Hall–Kier alpha value is -1.91. The van der Waals surface area contributed by atoms with Gasteiger partial charge in [-0.05, 0) is 25.2 Å². The summed E-state index contributed by atoms with van der Waals surface area (Å²) in [5.41, 5.74) is -1.89. The zero-order valence-corrected chi connectivity index (χ0v) is 15.3. The van der Waals surface area contributed by atoms with Crippen LogP contribution in [0.2, 0.25) is 0 Å². The molecule has 0 unspecified atom stereocenters. The number of alkyl halides is 3. The van der Waals surface area contributed by atoms with Crippen LogP contribution in [0.4, 0.5) is 19.1 Å². The van der Waals surface area contributed by atoms with Gasteiger partial charge in [0.1, 0.15) is 0 Å². The highest BCUT2D eigenvalue weighted by atomic mass is 32.2. The van der Waals surface area contributed by atoms with Crippen molar-refractivity contribution in [1.29, 1.82) is 0 Å². The second-order valence-electron chi connectivity index (χ2n) is 7.36. The van der Waals surface area contributed by atoms with E-state index in [-0.39, 0.29) is 36.6 Å². The molecule has 11 heteroatoms. The Morgan fingerprint density at radius 2 is 1.89 bits per heavy atom. The highest BCUT2D eigenvalue weighted by molar-refractivity contribution is 7.91. The predicted molar refractivity (Wildman–Crippen MR) is 90.1 cm³/mol. The number of piperidine rings is 1. The Labute approximate surface area is 154 Å². The van der Waals surface area contributed by atoms with Crippen LogP contribution in [0.1, 0.15) is 35.3 Å². The zero-order chi connectivity index (χ0) is 19.4. The molecule has 0 N–H and O–H groups in total. The van der Waals surface area contributed by atoms with Gasteiger partial charge in [0.25, 0.3) is 5.91 Å². The van der Waals surface area contributed by atoms with Gasteiger partial charge in [0.2, 0.25) is 5.95 Å². The van der Waals surface area contributed by atoms with Crippen LogP contribution in [0, 0.1) is 5.92 Å². The van der Waals surface area contributed by atoms with E-state index in [0.29, 0.717) is 12.5 Å². The molecule has 2 bridgehead atoms. The monoisotopic (exact) mass is 404 g/mol. The molecule has 3 aliphatic rings. The van der Waals surface area contributed by atoms with Gasteiger partial charge < -0.3 is 9.80 Å². The van der Waals surface area contributed by atoms with Gasteiger partial charge in [0, 0.05) is 31.9 Å². The van der Waals surface area contributed by atoms with Crippen LogP contribution in [-0.2, 0) is 16.0 Å². The first-order valence-electron chi connectivity index (χ1n) is 8.84. The molecule has 4 rings (SSSR count). The van der Waals surface area contributed by atoms with Crippen LogP contribution in [0.25, 0.3) is 0 Å². The SMILES string of the molecule is O=C(c1cnc(N2C[C@@H]3CC[C@H]2C3)nc1C(F)(F)F)N1CCS(=O)(=O)CC1. The van der Waals surface area contributed by atoms with Crippen molar-refractivity contribution in [2.45, 2.75) is 31.5 Å². The number of hydrogen-bond acceptors (Lipinski definition) is 6. The van der Waals surface area contributed by atoms with Crippen LogP contribution >= 0.6 is 0 Å². The van der Waals surface area contributed by atoms with Crippen molar-refractivity contribution in [1.82, 2.24) is 14.9 Å². The predicted octanol–water partition coefficient (Wildman–Crippen LogP) is 1.35. The zero-order valence-electron chi connectivity index (χ0n) is 14.4. The van der Waals surface area contributed by atoms with Crippen LogP contribution in [0.15, 0.2) is 6.20 Å². The lowest BCUT2D eigenvalue weighted by atomic mass is 10.1. The normalized spacial score (nSPS) is 27.2. The van der Waals surface area contributed by atoms with Crippen LogP contribution in [0.5, 0.6) is 0 Å². The Bertz CT molecular complexity index is 860. The van der Waals surface area contributed by atoms with Crippen molar-refractivity contribution in [3.8, 4) is 0 Å². The maximum Gasteiger partial charge on any atom is 0.434 e. The van der Waals surface area contributed by atoms with E-state index in [2.05, 4.69) is 9.97 Å². The van der Waals surface area contributed by atoms with Gasteiger partial charge in [-0.1, -0.05) is 0 Å². The third kappa shape index (κ3) is 3.48. The third-order valence-electron chi connectivity index (χ3n) is 5.57. The number of sulfone groups is 1. The van der Waals surface area contributed by atoms with E-state index in [1.165, 1.54) is 0 Å². The molecule has 1 aliphatic carbocycles. The molecule has 0 aromatic carbocycles. The lowest BCUT2D eigenvalue weighted by molar-refractivity contribution is -0.141. The minimum absolute atomic E-state index is 0.00676. The second-order valence-corrected chi connectivity index (χ2v) is 9.66. The van der Waals surface area contributed by atoms with Gasteiger partial charge in [-0.2, -0.15) is 13.2 Å². The third-order valence-corrected chi connectivity index (χ3v) is 7.18. The number of amides is 1. The van der Waals surface area contributed by atoms with Gasteiger partial charge in [-0.25, -0.2) is 18.4 Å². The molecule has 1 amide bonds. The highest BCUT2D eigenvalue weighted by Gasteiger charge is 2.43. The van der Waals surface area contributed by atoms with Crippen molar-refractivity contribution in [2.24, 2.45) is 5.92 Å². The topological polar surface area (TPSA) is 83.5 Å². The van der Waals surface area contributed by atoms with E-state index in [1.807, 2.05) is 0 Å². The summed E-state index contributed by atoms with van der Waals surface area (Å²) in [5.74, 6) is -0.922. The van der Waals surface area contributed by atoms with Crippen molar-refractivity contribution in [3.63, 3.8) is 0 Å². The summed E-state index contributed by atoms with van der Waals surface area (Å²) in [6, 6.07) is 0.157. The lowest BCUT2D eigenvalue weighted by Crippen LogP contribution is -2.44. The molecule has 0 radical (unpaired) electrons. The fourth-order valence-electron chi connectivity index (χ4n) is 4.14. The summed E-state index contributed by atoms with van der Waals surface area (Å²) < 4.78 is 63.7. The number of aromatic nitrogens is 2. The van der Waals surface area contributed by atoms with Gasteiger partial charge in [0.05, 0.1) is 17.1 Å². The molecule has 27 heavy (non-hydrogen) atoms. The number of carbonyl (C=O) groups is 1. The smallest absolute Gasteiger partial charge is 0.338 e. The van der Waals surface area contributed by atoms with Crippen LogP contribution < -0.4 is 4.90 Å². The highest BCUT2D eigenvalue weighted by Crippen LogP contribution is 2.40.